The lowest BCUT2D eigenvalue weighted by Gasteiger charge is -2.18. The summed E-state index contributed by atoms with van der Waals surface area (Å²) in [4.78, 5) is 15.6. The lowest BCUT2D eigenvalue weighted by molar-refractivity contribution is 0.0940. The number of carbonyl (C=O) groups is 1. The Morgan fingerprint density at radius 2 is 1.71 bits per heavy atom. The van der Waals surface area contributed by atoms with E-state index in [4.69, 9.17) is 0 Å². The predicted molar refractivity (Wildman–Crippen MR) is 114 cm³/mol. The maximum atomic E-state index is 13.2. The Kier molecular flexibility index (Phi) is 5.86. The van der Waals surface area contributed by atoms with Crippen molar-refractivity contribution in [2.45, 2.75) is 58.9 Å². The normalized spacial score (nSPS) is 16.9. The van der Waals surface area contributed by atoms with Gasteiger partial charge >= 0.3 is 0 Å². The van der Waals surface area contributed by atoms with Crippen LogP contribution in [0.15, 0.2) is 24.3 Å². The molecule has 0 saturated carbocycles. The maximum absolute atomic E-state index is 13.2. The number of benzene rings is 1. The first-order chi connectivity index (χ1) is 13.6. The van der Waals surface area contributed by atoms with Crippen LogP contribution in [0.3, 0.4) is 0 Å². The zero-order valence-corrected chi connectivity index (χ0v) is 17.4. The summed E-state index contributed by atoms with van der Waals surface area (Å²) in [6.45, 7) is 9.09. The van der Waals surface area contributed by atoms with E-state index in [0.29, 0.717) is 0 Å². The van der Waals surface area contributed by atoms with E-state index in [1.165, 1.54) is 66.7 Å². The van der Waals surface area contributed by atoms with Crippen LogP contribution in [0.25, 0.3) is 0 Å². The fraction of sp³-hybridized carbons (Fsp3) is 0.542. The van der Waals surface area contributed by atoms with Gasteiger partial charge in [0.2, 0.25) is 0 Å². The summed E-state index contributed by atoms with van der Waals surface area (Å²) in [5.41, 5.74) is 7.42. The molecule has 1 amide bonds. The number of nitrogens with one attached hydrogen (secondary N) is 1. The largest absolute Gasteiger partial charge is 0.349 e. The Morgan fingerprint density at radius 1 is 1.00 bits per heavy atom. The zero-order valence-electron chi connectivity index (χ0n) is 17.4. The number of fused-ring (bicyclic) bond motifs is 1. The summed E-state index contributed by atoms with van der Waals surface area (Å²) in [7, 11) is 0. The average Bonchev–Trinajstić information content (AvgIpc) is 3.31. The number of aromatic nitrogens is 1. The van der Waals surface area contributed by atoms with Gasteiger partial charge < -0.3 is 14.8 Å². The van der Waals surface area contributed by atoms with Gasteiger partial charge in [-0.05, 0) is 82.2 Å². The third-order valence-corrected chi connectivity index (χ3v) is 6.43. The van der Waals surface area contributed by atoms with Crippen LogP contribution in [0.2, 0.25) is 0 Å². The molecule has 0 bridgehead atoms. The van der Waals surface area contributed by atoms with Crippen molar-refractivity contribution in [1.29, 1.82) is 0 Å². The van der Waals surface area contributed by atoms with E-state index < -0.39 is 0 Å². The molecule has 0 spiro atoms. The third-order valence-electron chi connectivity index (χ3n) is 6.43. The number of nitrogens with zero attached hydrogens (tertiary/aromatic N) is 2. The molecular formula is C24H33N3O. The molecule has 2 heterocycles. The molecule has 0 unspecified atom stereocenters. The van der Waals surface area contributed by atoms with E-state index in [1.54, 1.807) is 0 Å². The number of aryl methyl sites for hydroxylation is 1. The van der Waals surface area contributed by atoms with Crippen LogP contribution in [0, 0.1) is 13.8 Å². The van der Waals surface area contributed by atoms with Crippen molar-refractivity contribution in [3.63, 3.8) is 0 Å². The maximum Gasteiger partial charge on any atom is 0.268 e. The van der Waals surface area contributed by atoms with Crippen LogP contribution in [-0.4, -0.2) is 41.6 Å². The Morgan fingerprint density at radius 3 is 2.46 bits per heavy atom. The fourth-order valence-corrected chi connectivity index (χ4v) is 4.83. The van der Waals surface area contributed by atoms with Crippen molar-refractivity contribution in [3.05, 3.63) is 57.9 Å². The standard InChI is InChI=1S/C24H33N3O/c1-18-9-11-20(12-10-18)17-27-22-8-4-3-7-21(22)19(2)23(27)24(28)25-13-16-26-14-5-6-15-26/h9-12H,3-8,13-17H2,1-2H3,(H,25,28). The Balaban J connectivity index is 1.56. The highest BCUT2D eigenvalue weighted by Gasteiger charge is 2.26. The van der Waals surface area contributed by atoms with Crippen molar-refractivity contribution in [2.75, 3.05) is 26.2 Å². The highest BCUT2D eigenvalue weighted by molar-refractivity contribution is 5.95. The lowest BCUT2D eigenvalue weighted by atomic mass is 9.95. The predicted octanol–water partition coefficient (Wildman–Crippen LogP) is 3.86. The monoisotopic (exact) mass is 379 g/mol. The minimum absolute atomic E-state index is 0.0956. The number of amides is 1. The second-order valence-corrected chi connectivity index (χ2v) is 8.48. The number of hydrogen-bond acceptors (Lipinski definition) is 2. The molecule has 4 nitrogen and oxygen atoms in total. The van der Waals surface area contributed by atoms with Gasteiger partial charge in [0, 0.05) is 25.3 Å². The van der Waals surface area contributed by atoms with E-state index in [2.05, 4.69) is 52.9 Å². The van der Waals surface area contributed by atoms with Crippen LogP contribution in [0.4, 0.5) is 0 Å². The van der Waals surface area contributed by atoms with Gasteiger partial charge in [0.25, 0.3) is 5.91 Å². The van der Waals surface area contributed by atoms with Gasteiger partial charge in [0.1, 0.15) is 5.69 Å². The number of carbonyl (C=O) groups excluding carboxylic acids is 1. The summed E-state index contributed by atoms with van der Waals surface area (Å²) < 4.78 is 2.31. The molecule has 150 valence electrons. The summed E-state index contributed by atoms with van der Waals surface area (Å²) >= 11 is 0. The molecule has 1 aromatic heterocycles. The van der Waals surface area contributed by atoms with Crippen molar-refractivity contribution in [3.8, 4) is 0 Å². The van der Waals surface area contributed by atoms with E-state index in [0.717, 1.165) is 38.2 Å². The molecule has 1 saturated heterocycles. The van der Waals surface area contributed by atoms with Crippen LogP contribution in [0.5, 0.6) is 0 Å². The minimum atomic E-state index is 0.0956. The van der Waals surface area contributed by atoms with Crippen LogP contribution < -0.4 is 5.32 Å². The molecule has 2 aromatic rings. The Bertz CT molecular complexity index is 829. The van der Waals surface area contributed by atoms with Crippen LogP contribution in [-0.2, 0) is 19.4 Å². The minimum Gasteiger partial charge on any atom is -0.349 e. The van der Waals surface area contributed by atoms with E-state index in [9.17, 15) is 4.79 Å². The molecule has 2 aliphatic rings. The molecule has 28 heavy (non-hydrogen) atoms. The first-order valence-corrected chi connectivity index (χ1v) is 10.9. The fourth-order valence-electron chi connectivity index (χ4n) is 4.83. The highest BCUT2D eigenvalue weighted by Crippen LogP contribution is 2.30. The SMILES string of the molecule is Cc1ccc(Cn2c3c(c(C)c2C(=O)NCCN2CCCC2)CCCC3)cc1. The highest BCUT2D eigenvalue weighted by atomic mass is 16.1. The molecule has 4 rings (SSSR count). The molecule has 1 aliphatic carbocycles. The first kappa shape index (κ1) is 19.3. The molecular weight excluding hydrogens is 346 g/mol. The van der Waals surface area contributed by atoms with Gasteiger partial charge in [-0.2, -0.15) is 0 Å². The van der Waals surface area contributed by atoms with Gasteiger partial charge in [0.15, 0.2) is 0 Å². The van der Waals surface area contributed by atoms with Crippen molar-refractivity contribution in [1.82, 2.24) is 14.8 Å². The molecule has 0 atom stereocenters. The first-order valence-electron chi connectivity index (χ1n) is 10.9. The van der Waals surface area contributed by atoms with Crippen LogP contribution in [0.1, 0.15) is 64.1 Å². The van der Waals surface area contributed by atoms with Crippen LogP contribution >= 0.6 is 0 Å². The summed E-state index contributed by atoms with van der Waals surface area (Å²) in [6, 6.07) is 8.70. The van der Waals surface area contributed by atoms with Gasteiger partial charge in [-0.1, -0.05) is 29.8 Å². The molecule has 1 aromatic carbocycles. The van der Waals surface area contributed by atoms with Crippen molar-refractivity contribution < 1.29 is 4.79 Å². The zero-order chi connectivity index (χ0) is 19.5. The van der Waals surface area contributed by atoms with Gasteiger partial charge in [-0.25, -0.2) is 0 Å². The van der Waals surface area contributed by atoms with Gasteiger partial charge in [0.05, 0.1) is 0 Å². The van der Waals surface area contributed by atoms with Gasteiger partial charge in [-0.3, -0.25) is 4.79 Å². The number of likely N-dealkylation sites (tertiary alicyclic amines) is 1. The molecule has 0 radical (unpaired) electrons. The van der Waals surface area contributed by atoms with E-state index in [1.807, 2.05) is 0 Å². The Hall–Kier alpha value is -2.07. The Labute approximate surface area is 168 Å². The lowest BCUT2D eigenvalue weighted by Crippen LogP contribution is -2.34. The summed E-state index contributed by atoms with van der Waals surface area (Å²) in [5, 5.41) is 3.21. The molecule has 1 fully saturated rings. The topological polar surface area (TPSA) is 37.3 Å². The van der Waals surface area contributed by atoms with E-state index >= 15 is 0 Å². The molecule has 1 aliphatic heterocycles. The number of hydrogen-bond donors (Lipinski definition) is 1. The smallest absolute Gasteiger partial charge is 0.268 e. The van der Waals surface area contributed by atoms with E-state index in [-0.39, 0.29) is 5.91 Å². The summed E-state index contributed by atoms with van der Waals surface area (Å²) in [6.07, 6.45) is 7.23. The second-order valence-electron chi connectivity index (χ2n) is 8.48. The quantitative estimate of drug-likeness (QED) is 0.828. The summed E-state index contributed by atoms with van der Waals surface area (Å²) in [5.74, 6) is 0.0956. The third kappa shape index (κ3) is 4.02. The molecule has 4 heteroatoms. The van der Waals surface area contributed by atoms with Gasteiger partial charge in [-0.15, -0.1) is 0 Å². The van der Waals surface area contributed by atoms with Crippen molar-refractivity contribution >= 4 is 5.91 Å². The number of rotatable bonds is 6. The second kappa shape index (κ2) is 8.52. The van der Waals surface area contributed by atoms with Crippen molar-refractivity contribution in [2.24, 2.45) is 0 Å². The average molecular weight is 380 g/mol. The molecule has 1 N–H and O–H groups in total.